The Morgan fingerprint density at radius 3 is 1.83 bits per heavy atom. The van der Waals surface area contributed by atoms with Crippen LogP contribution in [-0.4, -0.2) is 69.3 Å². The number of aliphatic hydroxyl groups is 3. The van der Waals surface area contributed by atoms with Gasteiger partial charge < -0.3 is 35.3 Å². The van der Waals surface area contributed by atoms with Crippen LogP contribution in [0.4, 0.5) is 5.82 Å². The molecule has 1 aliphatic heterocycles. The van der Waals surface area contributed by atoms with Crippen molar-refractivity contribution in [3.05, 3.63) is 154 Å². The molecule has 1 aromatic heterocycles. The molecule has 1 saturated heterocycles. The summed E-state index contributed by atoms with van der Waals surface area (Å²) in [5.74, 6) is 0.183. The van der Waals surface area contributed by atoms with Crippen LogP contribution in [-0.2, 0) is 15.9 Å². The smallest absolute Gasteiger partial charge is 0.352 e. The lowest BCUT2D eigenvalue weighted by Gasteiger charge is -2.43. The molecule has 0 spiro atoms. The molecule has 5 N–H and O–H groups in total. The lowest BCUT2D eigenvalue weighted by molar-refractivity contribution is -0.140. The van der Waals surface area contributed by atoms with Crippen molar-refractivity contribution in [2.75, 3.05) is 20.0 Å². The van der Waals surface area contributed by atoms with E-state index in [1.165, 1.54) is 24.4 Å². The SMILES string of the molecule is COc1ccc(C(c2ccccc2)(c2ccc(OC)cc2)C(O)[C@H]2O[C@@](C(=O)c3ccccc3)(n3ccc(N)nc3=O)[C@H](O)[C@@H]2O)cc1. The normalized spacial score (nSPS) is 21.4. The maximum Gasteiger partial charge on any atom is 0.352 e. The van der Waals surface area contributed by atoms with Crippen molar-refractivity contribution in [1.29, 1.82) is 0 Å². The highest BCUT2D eigenvalue weighted by atomic mass is 16.6. The zero-order valence-corrected chi connectivity index (χ0v) is 26.2. The number of anilines is 1. The molecule has 6 rings (SSSR count). The monoisotopic (exact) mass is 649 g/mol. The molecule has 2 heterocycles. The first kappa shape index (κ1) is 32.6. The molecule has 5 aromatic rings. The summed E-state index contributed by atoms with van der Waals surface area (Å²) in [4.78, 5) is 31.5. The Bertz CT molecular complexity index is 1890. The fourth-order valence-electron chi connectivity index (χ4n) is 6.64. The van der Waals surface area contributed by atoms with Gasteiger partial charge in [0, 0.05) is 11.8 Å². The van der Waals surface area contributed by atoms with Gasteiger partial charge in [0.2, 0.25) is 11.5 Å². The second-order valence-electron chi connectivity index (χ2n) is 11.5. The second kappa shape index (κ2) is 13.1. The number of nitrogens with zero attached hydrogens (tertiary/aromatic N) is 2. The van der Waals surface area contributed by atoms with E-state index in [9.17, 15) is 24.9 Å². The Hall–Kier alpha value is -5.33. The van der Waals surface area contributed by atoms with Gasteiger partial charge in [0.05, 0.1) is 19.6 Å². The lowest BCUT2D eigenvalue weighted by Crippen LogP contribution is -2.56. The number of Topliss-reactive ketones (excluding diaryl/α,β-unsaturated/α-hetero) is 1. The number of aromatic nitrogens is 2. The zero-order chi connectivity index (χ0) is 34.1. The van der Waals surface area contributed by atoms with E-state index in [4.69, 9.17) is 19.9 Å². The summed E-state index contributed by atoms with van der Waals surface area (Å²) in [6.45, 7) is 0. The molecule has 0 aliphatic carbocycles. The number of nitrogens with two attached hydrogens (primary N) is 1. The number of methoxy groups -OCH3 is 2. The second-order valence-corrected chi connectivity index (χ2v) is 11.5. The van der Waals surface area contributed by atoms with Crippen LogP contribution >= 0.6 is 0 Å². The molecule has 11 nitrogen and oxygen atoms in total. The Morgan fingerprint density at radius 1 is 0.833 bits per heavy atom. The number of benzene rings is 4. The average Bonchev–Trinajstić information content (AvgIpc) is 3.39. The van der Waals surface area contributed by atoms with Crippen LogP contribution in [0.15, 0.2) is 126 Å². The van der Waals surface area contributed by atoms with Crippen LogP contribution in [0.1, 0.15) is 27.0 Å². The van der Waals surface area contributed by atoms with Crippen LogP contribution in [0.25, 0.3) is 0 Å². The highest BCUT2D eigenvalue weighted by Crippen LogP contribution is 2.49. The van der Waals surface area contributed by atoms with Crippen LogP contribution in [0.3, 0.4) is 0 Å². The number of ether oxygens (including phenoxy) is 3. The molecule has 0 saturated carbocycles. The quantitative estimate of drug-likeness (QED) is 0.131. The van der Waals surface area contributed by atoms with Crippen molar-refractivity contribution in [1.82, 2.24) is 9.55 Å². The maximum atomic E-state index is 14.4. The Balaban J connectivity index is 1.60. The van der Waals surface area contributed by atoms with Crippen molar-refractivity contribution in [3.8, 4) is 11.5 Å². The minimum Gasteiger partial charge on any atom is -0.497 e. The van der Waals surface area contributed by atoms with Gasteiger partial charge in [-0.3, -0.25) is 9.36 Å². The van der Waals surface area contributed by atoms with Crippen molar-refractivity contribution in [2.45, 2.75) is 35.6 Å². The lowest BCUT2D eigenvalue weighted by atomic mass is 9.64. The van der Waals surface area contributed by atoms with Gasteiger partial charge in [-0.1, -0.05) is 84.9 Å². The fraction of sp³-hybridized carbons (Fsp3) is 0.216. The summed E-state index contributed by atoms with van der Waals surface area (Å²) in [5, 5.41) is 36.5. The number of aliphatic hydroxyl groups excluding tert-OH is 3. The molecule has 0 amide bonds. The van der Waals surface area contributed by atoms with Gasteiger partial charge in [0.15, 0.2) is 0 Å². The number of ketones is 1. The Morgan fingerprint density at radius 2 is 1.33 bits per heavy atom. The average molecular weight is 650 g/mol. The number of nitrogen functional groups attached to an aromatic ring is 1. The number of rotatable bonds is 10. The van der Waals surface area contributed by atoms with Gasteiger partial charge in [-0.2, -0.15) is 4.98 Å². The van der Waals surface area contributed by atoms with Crippen molar-refractivity contribution in [3.63, 3.8) is 0 Å². The summed E-state index contributed by atoms with van der Waals surface area (Å²) in [7, 11) is 3.08. The Labute approximate surface area is 276 Å². The van der Waals surface area contributed by atoms with E-state index in [1.807, 2.05) is 30.3 Å². The molecule has 246 valence electrons. The largest absolute Gasteiger partial charge is 0.497 e. The summed E-state index contributed by atoms with van der Waals surface area (Å²) in [6.07, 6.45) is -6.08. The number of carbonyl (C=O) groups excluding carboxylic acids is 1. The zero-order valence-electron chi connectivity index (χ0n) is 26.2. The van der Waals surface area contributed by atoms with E-state index in [-0.39, 0.29) is 11.4 Å². The molecular formula is C37H35N3O8. The molecule has 1 aliphatic rings. The van der Waals surface area contributed by atoms with Crippen LogP contribution in [0.5, 0.6) is 11.5 Å². The standard InChI is InChI=1S/C37H35N3O8/c1-46-27-17-13-25(14-18-27)36(24-11-7-4-8-12-24,26-15-19-28(47-2)20-16-26)34(44)31-30(41)33(43)37(48-31,32(42)23-9-5-3-6-10-23)40-22-21-29(38)39-35(40)45/h3-22,30-31,33-34,41,43-44H,1-2H3,(H2,38,39,45)/t30-,31+,33-,34?,37-/m1/s1. The van der Waals surface area contributed by atoms with E-state index >= 15 is 0 Å². The van der Waals surface area contributed by atoms with Crippen LogP contribution < -0.4 is 20.9 Å². The number of hydrogen-bond acceptors (Lipinski definition) is 10. The number of carbonyl (C=O) groups is 1. The molecule has 4 aromatic carbocycles. The van der Waals surface area contributed by atoms with Gasteiger partial charge in [-0.05, 0) is 47.0 Å². The third kappa shape index (κ3) is 5.23. The van der Waals surface area contributed by atoms with Gasteiger partial charge in [0.25, 0.3) is 0 Å². The highest BCUT2D eigenvalue weighted by molar-refractivity contribution is 6.01. The topological polar surface area (TPSA) is 166 Å². The van der Waals surface area contributed by atoms with Crippen LogP contribution in [0, 0.1) is 0 Å². The molecule has 5 atom stereocenters. The third-order valence-electron chi connectivity index (χ3n) is 9.00. The molecule has 1 unspecified atom stereocenters. The summed E-state index contributed by atoms with van der Waals surface area (Å²) in [6, 6.07) is 32.4. The maximum absolute atomic E-state index is 14.4. The Kier molecular flexibility index (Phi) is 8.87. The number of hydrogen-bond donors (Lipinski definition) is 4. The van der Waals surface area contributed by atoms with E-state index in [0.29, 0.717) is 28.2 Å². The first-order valence-electron chi connectivity index (χ1n) is 15.2. The first-order chi connectivity index (χ1) is 23.2. The van der Waals surface area contributed by atoms with Gasteiger partial charge in [-0.15, -0.1) is 0 Å². The van der Waals surface area contributed by atoms with Crippen molar-refractivity contribution < 1.29 is 34.3 Å². The molecule has 0 bridgehead atoms. The molecule has 1 fully saturated rings. The summed E-state index contributed by atoms with van der Waals surface area (Å²) in [5.41, 5.74) is 2.60. The fourth-order valence-corrected chi connectivity index (χ4v) is 6.64. The first-order valence-corrected chi connectivity index (χ1v) is 15.2. The molecular weight excluding hydrogens is 614 g/mol. The third-order valence-corrected chi connectivity index (χ3v) is 9.00. The van der Waals surface area contributed by atoms with E-state index < -0.39 is 47.0 Å². The minimum absolute atomic E-state index is 0.0854. The summed E-state index contributed by atoms with van der Waals surface area (Å²) >= 11 is 0. The van der Waals surface area contributed by atoms with Gasteiger partial charge in [-0.25, -0.2) is 4.79 Å². The minimum atomic E-state index is -2.54. The van der Waals surface area contributed by atoms with Crippen molar-refractivity contribution >= 4 is 11.6 Å². The van der Waals surface area contributed by atoms with E-state index in [0.717, 1.165) is 4.57 Å². The highest BCUT2D eigenvalue weighted by Gasteiger charge is 2.65. The van der Waals surface area contributed by atoms with E-state index in [2.05, 4.69) is 4.98 Å². The van der Waals surface area contributed by atoms with Gasteiger partial charge >= 0.3 is 5.69 Å². The predicted octanol–water partition coefficient (Wildman–Crippen LogP) is 2.89. The predicted molar refractivity (Wildman–Crippen MR) is 177 cm³/mol. The van der Waals surface area contributed by atoms with Gasteiger partial charge in [0.1, 0.15) is 41.7 Å². The van der Waals surface area contributed by atoms with E-state index in [1.54, 1.807) is 80.9 Å². The molecule has 48 heavy (non-hydrogen) atoms. The van der Waals surface area contributed by atoms with Crippen molar-refractivity contribution in [2.24, 2.45) is 0 Å². The van der Waals surface area contributed by atoms with Crippen LogP contribution in [0.2, 0.25) is 0 Å². The molecule has 0 radical (unpaired) electrons. The summed E-state index contributed by atoms with van der Waals surface area (Å²) < 4.78 is 18.1. The molecule has 11 heteroatoms.